The van der Waals surface area contributed by atoms with E-state index in [-0.39, 0.29) is 12.5 Å². The molecule has 1 atom stereocenters. The number of β-amino-alcohol motifs (C(OH)–C–C–N with tert-alkyl or cyclic N) is 1. The number of methoxy groups -OCH3 is 1. The van der Waals surface area contributed by atoms with Crippen LogP contribution in [-0.4, -0.2) is 91.3 Å². The number of hydrogen-bond acceptors (Lipinski definition) is 6. The van der Waals surface area contributed by atoms with Crippen molar-refractivity contribution in [3.8, 4) is 11.5 Å². The molecule has 3 rings (SSSR count). The van der Waals surface area contributed by atoms with Crippen LogP contribution >= 0.6 is 0 Å². The maximum absolute atomic E-state index is 11.4. The van der Waals surface area contributed by atoms with Gasteiger partial charge in [-0.05, 0) is 17.7 Å². The third kappa shape index (κ3) is 5.70. The Bertz CT molecular complexity index is 678. The van der Waals surface area contributed by atoms with Gasteiger partial charge in [0, 0.05) is 59.3 Å². The molecule has 1 aromatic rings. The van der Waals surface area contributed by atoms with Crippen LogP contribution in [0.4, 0.5) is 0 Å². The van der Waals surface area contributed by atoms with Gasteiger partial charge in [-0.25, -0.2) is 0 Å². The first-order valence-electron chi connectivity index (χ1n) is 9.88. The molecule has 7 nitrogen and oxygen atoms in total. The zero-order valence-electron chi connectivity index (χ0n) is 16.8. The predicted octanol–water partition coefficient (Wildman–Crippen LogP) is 0.971. The largest absolute Gasteiger partial charge is 0.493 e. The molecule has 0 aliphatic carbocycles. The second-order valence-electron chi connectivity index (χ2n) is 7.42. The molecule has 0 aromatic heterocycles. The summed E-state index contributed by atoms with van der Waals surface area (Å²) in [6.45, 7) is 8.15. The molecule has 2 heterocycles. The molecule has 28 heavy (non-hydrogen) atoms. The van der Waals surface area contributed by atoms with E-state index in [9.17, 15) is 9.90 Å². The van der Waals surface area contributed by atoms with Gasteiger partial charge in [0.15, 0.2) is 11.5 Å². The zero-order chi connectivity index (χ0) is 19.9. The Balaban J connectivity index is 1.46. The lowest BCUT2D eigenvalue weighted by Gasteiger charge is -2.35. The van der Waals surface area contributed by atoms with Crippen LogP contribution in [0.5, 0.6) is 11.5 Å². The lowest BCUT2D eigenvalue weighted by atomic mass is 10.2. The molecule has 1 aromatic carbocycles. The molecule has 1 unspecified atom stereocenters. The van der Waals surface area contributed by atoms with Crippen molar-refractivity contribution in [2.75, 3.05) is 59.5 Å². The van der Waals surface area contributed by atoms with Crippen molar-refractivity contribution in [2.45, 2.75) is 19.6 Å². The normalized spacial score (nSPS) is 19.0. The van der Waals surface area contributed by atoms with Crippen molar-refractivity contribution in [1.82, 2.24) is 14.7 Å². The number of aliphatic hydroxyl groups excluding tert-OH is 1. The summed E-state index contributed by atoms with van der Waals surface area (Å²) in [5.74, 6) is 1.44. The Labute approximate surface area is 167 Å². The summed E-state index contributed by atoms with van der Waals surface area (Å²) in [4.78, 5) is 17.7. The van der Waals surface area contributed by atoms with Gasteiger partial charge in [-0.1, -0.05) is 18.2 Å². The minimum Gasteiger partial charge on any atom is -0.493 e. The maximum Gasteiger partial charge on any atom is 0.219 e. The van der Waals surface area contributed by atoms with Crippen molar-refractivity contribution in [3.63, 3.8) is 0 Å². The number of ether oxygens (including phenoxy) is 2. The van der Waals surface area contributed by atoms with Gasteiger partial charge in [0.25, 0.3) is 0 Å². The van der Waals surface area contributed by atoms with Gasteiger partial charge in [-0.15, -0.1) is 0 Å². The number of nitrogens with zero attached hydrogens (tertiary/aromatic N) is 3. The quantitative estimate of drug-likeness (QED) is 0.669. The highest BCUT2D eigenvalue weighted by Crippen LogP contribution is 2.29. The minimum absolute atomic E-state index is 0.111. The number of aliphatic hydroxyl groups is 1. The summed E-state index contributed by atoms with van der Waals surface area (Å²) in [5.41, 5.74) is 1.18. The first kappa shape index (κ1) is 20.6. The fourth-order valence-corrected chi connectivity index (χ4v) is 3.62. The molecule has 1 amide bonds. The highest BCUT2D eigenvalue weighted by atomic mass is 16.5. The van der Waals surface area contributed by atoms with Gasteiger partial charge in [-0.2, -0.15) is 0 Å². The van der Waals surface area contributed by atoms with Gasteiger partial charge in [0.2, 0.25) is 5.91 Å². The predicted molar refractivity (Wildman–Crippen MR) is 108 cm³/mol. The molecule has 1 saturated heterocycles. The van der Waals surface area contributed by atoms with E-state index in [0.29, 0.717) is 31.1 Å². The molecule has 0 spiro atoms. The summed E-state index contributed by atoms with van der Waals surface area (Å²) in [7, 11) is 1.63. The molecule has 154 valence electrons. The molecular weight excluding hydrogens is 358 g/mol. The molecule has 1 fully saturated rings. The third-order valence-electron chi connectivity index (χ3n) is 5.25. The molecule has 0 bridgehead atoms. The van der Waals surface area contributed by atoms with Gasteiger partial charge in [0.1, 0.15) is 12.7 Å². The lowest BCUT2D eigenvalue weighted by Crippen LogP contribution is -2.50. The van der Waals surface area contributed by atoms with Crippen LogP contribution in [0.15, 0.2) is 30.4 Å². The first-order valence-corrected chi connectivity index (χ1v) is 9.88. The van der Waals surface area contributed by atoms with Crippen LogP contribution < -0.4 is 9.47 Å². The molecule has 0 saturated carbocycles. The molecule has 2 aliphatic rings. The van der Waals surface area contributed by atoms with E-state index in [4.69, 9.17) is 9.47 Å². The van der Waals surface area contributed by atoms with E-state index >= 15 is 0 Å². The Morgan fingerprint density at radius 1 is 1.11 bits per heavy atom. The summed E-state index contributed by atoms with van der Waals surface area (Å²) in [6.07, 6.45) is 3.76. The monoisotopic (exact) mass is 389 g/mol. The molecule has 1 N–H and O–H groups in total. The summed E-state index contributed by atoms with van der Waals surface area (Å²) < 4.78 is 11.3. The summed E-state index contributed by atoms with van der Waals surface area (Å²) in [6, 6.07) is 5.96. The van der Waals surface area contributed by atoms with Gasteiger partial charge in [0.05, 0.1) is 7.11 Å². The number of hydrogen-bond donors (Lipinski definition) is 1. The van der Waals surface area contributed by atoms with Crippen molar-refractivity contribution in [1.29, 1.82) is 0 Å². The molecule has 0 radical (unpaired) electrons. The summed E-state index contributed by atoms with van der Waals surface area (Å²) >= 11 is 0. The number of carbonyl (C=O) groups is 1. The Hall–Kier alpha value is -2.09. The SMILES string of the molecule is COc1cc(CN2CC=CC2)ccc1OCC(O)CN1CCN(C(C)=O)CC1. The lowest BCUT2D eigenvalue weighted by molar-refractivity contribution is -0.130. The van der Waals surface area contributed by atoms with Crippen LogP contribution in [0.2, 0.25) is 0 Å². The van der Waals surface area contributed by atoms with E-state index < -0.39 is 6.10 Å². The average molecular weight is 389 g/mol. The maximum atomic E-state index is 11.4. The topological polar surface area (TPSA) is 65.5 Å². The van der Waals surface area contributed by atoms with Gasteiger partial charge >= 0.3 is 0 Å². The van der Waals surface area contributed by atoms with Crippen molar-refractivity contribution >= 4 is 5.91 Å². The van der Waals surface area contributed by atoms with Crippen molar-refractivity contribution < 1.29 is 19.4 Å². The van der Waals surface area contributed by atoms with E-state index in [0.717, 1.165) is 32.7 Å². The van der Waals surface area contributed by atoms with Crippen LogP contribution in [-0.2, 0) is 11.3 Å². The number of amides is 1. The van der Waals surface area contributed by atoms with Crippen LogP contribution in [0.25, 0.3) is 0 Å². The van der Waals surface area contributed by atoms with Crippen LogP contribution in [0.1, 0.15) is 12.5 Å². The fourth-order valence-electron chi connectivity index (χ4n) is 3.62. The zero-order valence-corrected chi connectivity index (χ0v) is 16.8. The summed E-state index contributed by atoms with van der Waals surface area (Å²) in [5, 5.41) is 10.3. The Morgan fingerprint density at radius 2 is 1.82 bits per heavy atom. The third-order valence-corrected chi connectivity index (χ3v) is 5.25. The smallest absolute Gasteiger partial charge is 0.219 e. The van der Waals surface area contributed by atoms with E-state index in [1.54, 1.807) is 14.0 Å². The van der Waals surface area contributed by atoms with Gasteiger partial charge < -0.3 is 19.5 Å². The van der Waals surface area contributed by atoms with E-state index in [1.807, 2.05) is 23.1 Å². The van der Waals surface area contributed by atoms with Crippen LogP contribution in [0, 0.1) is 0 Å². The fraction of sp³-hybridized carbons (Fsp3) is 0.571. The second kappa shape index (κ2) is 9.91. The minimum atomic E-state index is -0.594. The Kier molecular flexibility index (Phi) is 7.30. The highest BCUT2D eigenvalue weighted by Gasteiger charge is 2.21. The number of carbonyl (C=O) groups excluding carboxylic acids is 1. The molecule has 2 aliphatic heterocycles. The first-order chi connectivity index (χ1) is 13.5. The highest BCUT2D eigenvalue weighted by molar-refractivity contribution is 5.73. The van der Waals surface area contributed by atoms with Crippen LogP contribution in [0.3, 0.4) is 0 Å². The average Bonchev–Trinajstić information content (AvgIpc) is 3.20. The van der Waals surface area contributed by atoms with Gasteiger partial charge in [-0.3, -0.25) is 14.6 Å². The Morgan fingerprint density at radius 3 is 2.46 bits per heavy atom. The number of benzene rings is 1. The van der Waals surface area contributed by atoms with Crippen molar-refractivity contribution in [2.24, 2.45) is 0 Å². The van der Waals surface area contributed by atoms with E-state index in [2.05, 4.69) is 22.0 Å². The van der Waals surface area contributed by atoms with E-state index in [1.165, 1.54) is 5.56 Å². The molecular formula is C21H31N3O4. The number of rotatable bonds is 8. The molecule has 7 heteroatoms. The standard InChI is InChI=1S/C21H31N3O4/c1-17(25)24-11-9-23(10-12-24)15-19(26)16-28-20-6-5-18(13-21(20)27-2)14-22-7-3-4-8-22/h3-6,13,19,26H,7-12,14-16H2,1-2H3. The number of piperazine rings is 1. The van der Waals surface area contributed by atoms with Crippen molar-refractivity contribution in [3.05, 3.63) is 35.9 Å². The second-order valence-corrected chi connectivity index (χ2v) is 7.42.